The molecule has 0 bridgehead atoms. The summed E-state index contributed by atoms with van der Waals surface area (Å²) in [6.45, 7) is 1.33. The molecule has 124 valence electrons. The Morgan fingerprint density at radius 3 is 2.73 bits per heavy atom. The Kier molecular flexibility index (Phi) is 4.76. The fourth-order valence-corrected chi connectivity index (χ4v) is 2.52. The number of rotatable bonds is 4. The van der Waals surface area contributed by atoms with Gasteiger partial charge in [0.1, 0.15) is 0 Å². The monoisotopic (exact) mass is 321 g/mol. The van der Waals surface area contributed by atoms with Gasteiger partial charge < -0.3 is 14.4 Å². The van der Waals surface area contributed by atoms with Crippen LogP contribution in [0.4, 0.5) is 13.2 Å². The van der Waals surface area contributed by atoms with E-state index < -0.39 is 24.3 Å². The van der Waals surface area contributed by atoms with Gasteiger partial charge in [0.05, 0.1) is 30.7 Å². The third-order valence-corrected chi connectivity index (χ3v) is 3.80. The van der Waals surface area contributed by atoms with Crippen LogP contribution >= 0.6 is 0 Å². The zero-order valence-corrected chi connectivity index (χ0v) is 12.3. The van der Waals surface area contributed by atoms with Gasteiger partial charge in [-0.25, -0.2) is 4.98 Å². The molecule has 0 spiro atoms. The third-order valence-electron chi connectivity index (χ3n) is 3.80. The number of hydrogen-bond donors (Lipinski definition) is 1. The first-order valence-electron chi connectivity index (χ1n) is 6.79. The van der Waals surface area contributed by atoms with Crippen LogP contribution in [0.5, 0.6) is 0 Å². The number of alkyl halides is 3. The van der Waals surface area contributed by atoms with Gasteiger partial charge in [0.2, 0.25) is 0 Å². The molecule has 0 saturated carbocycles. The predicted octanol–water partition coefficient (Wildman–Crippen LogP) is 1.33. The van der Waals surface area contributed by atoms with Gasteiger partial charge in [0, 0.05) is 26.2 Å². The van der Waals surface area contributed by atoms with Gasteiger partial charge in [-0.3, -0.25) is 9.69 Å². The number of aromatic nitrogens is 2. The lowest BCUT2D eigenvalue weighted by atomic mass is 10.1. The zero-order chi connectivity index (χ0) is 16.5. The van der Waals surface area contributed by atoms with Gasteiger partial charge in [-0.2, -0.15) is 13.2 Å². The SMILES string of the molecule is Cc1ncn(C)c1CN1CC(C(F)(F)F)OCC1CC(=O)O. The maximum atomic E-state index is 12.9. The summed E-state index contributed by atoms with van der Waals surface area (Å²) in [7, 11) is 1.75. The number of carboxylic acids is 1. The standard InChI is InChI=1S/C13H18F3N3O3/c1-8-10(18(2)7-17-8)4-19-5-11(13(14,15)16)22-6-9(19)3-12(20)21/h7,9,11H,3-6H2,1-2H3,(H,20,21). The van der Waals surface area contributed by atoms with Crippen LogP contribution in [0.2, 0.25) is 0 Å². The summed E-state index contributed by atoms with van der Waals surface area (Å²) >= 11 is 0. The van der Waals surface area contributed by atoms with Gasteiger partial charge in [-0.15, -0.1) is 0 Å². The second-order valence-corrected chi connectivity index (χ2v) is 5.43. The number of nitrogens with zero attached hydrogens (tertiary/aromatic N) is 3. The summed E-state index contributed by atoms with van der Waals surface area (Å²) in [6, 6.07) is -0.592. The van der Waals surface area contributed by atoms with Gasteiger partial charge in [0.15, 0.2) is 6.10 Å². The second-order valence-electron chi connectivity index (χ2n) is 5.43. The van der Waals surface area contributed by atoms with Crippen molar-refractivity contribution in [3.05, 3.63) is 17.7 Å². The lowest BCUT2D eigenvalue weighted by Gasteiger charge is -2.39. The van der Waals surface area contributed by atoms with Crippen LogP contribution in [0.1, 0.15) is 17.8 Å². The van der Waals surface area contributed by atoms with Crippen molar-refractivity contribution in [1.29, 1.82) is 0 Å². The van der Waals surface area contributed by atoms with Crippen LogP contribution in [0.15, 0.2) is 6.33 Å². The number of aryl methyl sites for hydroxylation is 2. The smallest absolute Gasteiger partial charge is 0.415 e. The molecule has 2 heterocycles. The number of carbonyl (C=O) groups is 1. The molecule has 1 N–H and O–H groups in total. The number of morpholine rings is 1. The molecule has 1 fully saturated rings. The number of ether oxygens (including phenoxy) is 1. The molecule has 1 saturated heterocycles. The van der Waals surface area contributed by atoms with Crippen molar-refractivity contribution in [3.63, 3.8) is 0 Å². The molecule has 9 heteroatoms. The Hall–Kier alpha value is -1.61. The Labute approximate surface area is 125 Å². The molecule has 22 heavy (non-hydrogen) atoms. The number of imidazole rings is 1. The molecule has 1 aromatic rings. The fourth-order valence-electron chi connectivity index (χ4n) is 2.52. The first-order valence-corrected chi connectivity index (χ1v) is 6.79. The molecule has 0 aromatic carbocycles. The highest BCUT2D eigenvalue weighted by Gasteiger charge is 2.46. The predicted molar refractivity (Wildman–Crippen MR) is 70.2 cm³/mol. The van der Waals surface area contributed by atoms with E-state index in [2.05, 4.69) is 4.98 Å². The molecule has 6 nitrogen and oxygen atoms in total. The van der Waals surface area contributed by atoms with Crippen molar-refractivity contribution in [2.75, 3.05) is 13.2 Å². The molecule has 2 atom stereocenters. The minimum atomic E-state index is -4.46. The van der Waals surface area contributed by atoms with Crippen LogP contribution < -0.4 is 0 Å². The second kappa shape index (κ2) is 6.25. The summed E-state index contributed by atoms with van der Waals surface area (Å²) in [6.07, 6.45) is -5.04. The molecular weight excluding hydrogens is 303 g/mol. The highest BCUT2D eigenvalue weighted by Crippen LogP contribution is 2.29. The summed E-state index contributed by atoms with van der Waals surface area (Å²) in [5.41, 5.74) is 1.48. The summed E-state index contributed by atoms with van der Waals surface area (Å²) in [5, 5.41) is 8.92. The molecule has 1 aliphatic heterocycles. The maximum absolute atomic E-state index is 12.9. The number of hydrogen-bond acceptors (Lipinski definition) is 4. The largest absolute Gasteiger partial charge is 0.481 e. The fraction of sp³-hybridized carbons (Fsp3) is 0.692. The van der Waals surface area contributed by atoms with E-state index in [1.807, 2.05) is 0 Å². The topological polar surface area (TPSA) is 67.6 Å². The van der Waals surface area contributed by atoms with Crippen LogP contribution in [0, 0.1) is 6.92 Å². The highest BCUT2D eigenvalue weighted by atomic mass is 19.4. The van der Waals surface area contributed by atoms with Gasteiger partial charge >= 0.3 is 12.1 Å². The van der Waals surface area contributed by atoms with Crippen LogP contribution in [-0.2, 0) is 23.1 Å². The van der Waals surface area contributed by atoms with E-state index in [1.54, 1.807) is 24.9 Å². The summed E-state index contributed by atoms with van der Waals surface area (Å²) in [5.74, 6) is -1.06. The highest BCUT2D eigenvalue weighted by molar-refractivity contribution is 5.67. The van der Waals surface area contributed by atoms with E-state index in [-0.39, 0.29) is 26.1 Å². The Morgan fingerprint density at radius 1 is 1.55 bits per heavy atom. The molecule has 1 aliphatic rings. The molecule has 0 aliphatic carbocycles. The zero-order valence-electron chi connectivity index (χ0n) is 12.3. The average molecular weight is 321 g/mol. The molecule has 1 aromatic heterocycles. The lowest BCUT2D eigenvalue weighted by molar-refractivity contribution is -0.245. The lowest BCUT2D eigenvalue weighted by Crippen LogP contribution is -2.54. The Morgan fingerprint density at radius 2 is 2.23 bits per heavy atom. The normalized spacial score (nSPS) is 23.7. The molecule has 2 unspecified atom stereocenters. The van der Waals surface area contributed by atoms with Crippen molar-refractivity contribution >= 4 is 5.97 Å². The summed E-state index contributed by atoms with van der Waals surface area (Å²) in [4.78, 5) is 16.5. The average Bonchev–Trinajstić information content (AvgIpc) is 2.70. The first kappa shape index (κ1) is 16.8. The van der Waals surface area contributed by atoms with Gasteiger partial charge in [-0.1, -0.05) is 0 Å². The van der Waals surface area contributed by atoms with Crippen LogP contribution in [-0.4, -0.2) is 57.0 Å². The molecule has 0 amide bonds. The number of carboxylic acid groups (broad SMARTS) is 1. The van der Waals surface area contributed by atoms with Crippen molar-refractivity contribution in [2.24, 2.45) is 7.05 Å². The van der Waals surface area contributed by atoms with Crippen LogP contribution in [0.3, 0.4) is 0 Å². The van der Waals surface area contributed by atoms with Gasteiger partial charge in [-0.05, 0) is 6.92 Å². The van der Waals surface area contributed by atoms with E-state index in [0.717, 1.165) is 5.69 Å². The van der Waals surface area contributed by atoms with Crippen molar-refractivity contribution in [2.45, 2.75) is 38.2 Å². The van der Waals surface area contributed by atoms with Crippen LogP contribution in [0.25, 0.3) is 0 Å². The minimum Gasteiger partial charge on any atom is -0.481 e. The molecular formula is C13H18F3N3O3. The van der Waals surface area contributed by atoms with E-state index in [0.29, 0.717) is 5.69 Å². The van der Waals surface area contributed by atoms with E-state index in [1.165, 1.54) is 4.90 Å². The molecule has 2 rings (SSSR count). The van der Waals surface area contributed by atoms with E-state index in [4.69, 9.17) is 9.84 Å². The quantitative estimate of drug-likeness (QED) is 0.906. The minimum absolute atomic E-state index is 0.205. The van der Waals surface area contributed by atoms with Crippen molar-refractivity contribution < 1.29 is 27.8 Å². The maximum Gasteiger partial charge on any atom is 0.415 e. The first-order chi connectivity index (χ1) is 10.2. The number of aliphatic carboxylic acids is 1. The van der Waals surface area contributed by atoms with Crippen molar-refractivity contribution in [1.82, 2.24) is 14.5 Å². The van der Waals surface area contributed by atoms with Crippen molar-refractivity contribution in [3.8, 4) is 0 Å². The number of halogens is 3. The Balaban J connectivity index is 2.18. The van der Waals surface area contributed by atoms with E-state index >= 15 is 0 Å². The van der Waals surface area contributed by atoms with Gasteiger partial charge in [0.25, 0.3) is 0 Å². The Bertz CT molecular complexity index is 525. The third kappa shape index (κ3) is 3.77. The summed E-state index contributed by atoms with van der Waals surface area (Å²) < 4.78 is 45.1. The van der Waals surface area contributed by atoms with E-state index in [9.17, 15) is 18.0 Å². The molecule has 0 radical (unpaired) electrons.